The summed E-state index contributed by atoms with van der Waals surface area (Å²) < 4.78 is 15.7. The Labute approximate surface area is 170 Å². The zero-order valence-corrected chi connectivity index (χ0v) is 16.7. The van der Waals surface area contributed by atoms with E-state index in [0.717, 1.165) is 14.2 Å². The van der Waals surface area contributed by atoms with E-state index in [1.54, 1.807) is 19.1 Å². The second-order valence-electron chi connectivity index (χ2n) is 6.69. The van der Waals surface area contributed by atoms with Gasteiger partial charge in [0.25, 0.3) is 5.56 Å². The van der Waals surface area contributed by atoms with Crippen LogP contribution in [-0.4, -0.2) is 65.0 Å². The molecular formula is C18H23N3O9. The molecule has 1 aliphatic rings. The minimum absolute atomic E-state index is 0.0294. The molecule has 30 heavy (non-hydrogen) atoms. The number of hydrogen-bond donors (Lipinski definition) is 3. The molecule has 1 aromatic rings. The molecule has 1 amide bonds. The summed E-state index contributed by atoms with van der Waals surface area (Å²) in [5, 5.41) is 12.8. The fraction of sp³-hybridized carbons (Fsp3) is 0.500. The minimum Gasteiger partial charge on any atom is -0.469 e. The van der Waals surface area contributed by atoms with Crippen LogP contribution in [0.5, 0.6) is 0 Å². The summed E-state index contributed by atoms with van der Waals surface area (Å²) in [6.45, 7) is 1.51. The van der Waals surface area contributed by atoms with Crippen molar-refractivity contribution in [2.75, 3.05) is 20.8 Å². The second kappa shape index (κ2) is 9.50. The number of aryl methyl sites for hydroxylation is 1. The van der Waals surface area contributed by atoms with Crippen molar-refractivity contribution in [1.29, 1.82) is 0 Å². The van der Waals surface area contributed by atoms with Crippen molar-refractivity contribution in [3.8, 4) is 0 Å². The van der Waals surface area contributed by atoms with Crippen LogP contribution in [0.25, 0.3) is 0 Å². The number of carbonyl (C=O) groups is 3. The number of aromatic amines is 1. The van der Waals surface area contributed by atoms with Crippen LogP contribution >= 0.6 is 0 Å². The maximum absolute atomic E-state index is 12.2. The van der Waals surface area contributed by atoms with Gasteiger partial charge in [0.1, 0.15) is 0 Å². The zero-order valence-electron chi connectivity index (χ0n) is 16.7. The van der Waals surface area contributed by atoms with Crippen LogP contribution in [0, 0.1) is 6.92 Å². The average molecular weight is 425 g/mol. The van der Waals surface area contributed by atoms with E-state index in [9.17, 15) is 29.1 Å². The van der Waals surface area contributed by atoms with Gasteiger partial charge in [-0.15, -0.1) is 0 Å². The first-order chi connectivity index (χ1) is 14.1. The van der Waals surface area contributed by atoms with Gasteiger partial charge in [-0.2, -0.15) is 0 Å². The number of aromatic nitrogens is 2. The van der Waals surface area contributed by atoms with Gasteiger partial charge in [-0.3, -0.25) is 23.9 Å². The molecule has 0 bridgehead atoms. The van der Waals surface area contributed by atoms with Gasteiger partial charge in [-0.1, -0.05) is 6.08 Å². The SMILES string of the molecule is COC(=O)CC(O)(CC(=O)NC[C@@H]1C=C[C@H](n2cc(C)c(=O)[nH]c2=O)O1)C(=O)OC. The summed E-state index contributed by atoms with van der Waals surface area (Å²) in [5.74, 6) is -2.76. The lowest BCUT2D eigenvalue weighted by Crippen LogP contribution is -2.47. The highest BCUT2D eigenvalue weighted by atomic mass is 16.5. The predicted octanol–water partition coefficient (Wildman–Crippen LogP) is -1.73. The fourth-order valence-electron chi connectivity index (χ4n) is 2.79. The number of nitrogens with one attached hydrogen (secondary N) is 2. The van der Waals surface area contributed by atoms with E-state index >= 15 is 0 Å². The maximum atomic E-state index is 12.2. The molecule has 12 heteroatoms. The lowest BCUT2D eigenvalue weighted by Gasteiger charge is -2.23. The van der Waals surface area contributed by atoms with Crippen molar-refractivity contribution >= 4 is 17.8 Å². The molecule has 0 aromatic carbocycles. The standard InChI is InChI=1S/C18H23N3O9/c1-10-9-21(17(26)20-15(10)24)13-5-4-11(30-13)8-19-12(22)6-18(27,16(25)29-3)7-14(23)28-2/h4-5,9,11,13,27H,6-8H2,1-3H3,(H,19,22)(H,20,24,26)/t11-,13+,18?/m0/s1. The van der Waals surface area contributed by atoms with E-state index in [1.165, 1.54) is 10.8 Å². The van der Waals surface area contributed by atoms with Crippen molar-refractivity contribution in [2.24, 2.45) is 0 Å². The molecule has 1 aromatic heterocycles. The quantitative estimate of drug-likeness (QED) is 0.324. The Morgan fingerprint density at radius 3 is 2.57 bits per heavy atom. The Morgan fingerprint density at radius 2 is 1.93 bits per heavy atom. The smallest absolute Gasteiger partial charge is 0.339 e. The number of amides is 1. The third kappa shape index (κ3) is 5.42. The molecule has 0 aliphatic carbocycles. The van der Waals surface area contributed by atoms with E-state index in [0.29, 0.717) is 5.56 Å². The molecule has 0 fully saturated rings. The lowest BCUT2D eigenvalue weighted by atomic mass is 9.95. The molecule has 3 N–H and O–H groups in total. The van der Waals surface area contributed by atoms with E-state index < -0.39 is 59.9 Å². The van der Waals surface area contributed by atoms with E-state index in [-0.39, 0.29) is 6.54 Å². The average Bonchev–Trinajstić information content (AvgIpc) is 3.17. The maximum Gasteiger partial charge on any atom is 0.339 e. The first kappa shape index (κ1) is 23.0. The van der Waals surface area contributed by atoms with E-state index in [4.69, 9.17) is 4.74 Å². The molecule has 2 rings (SSSR count). The Balaban J connectivity index is 1.95. The Morgan fingerprint density at radius 1 is 1.23 bits per heavy atom. The van der Waals surface area contributed by atoms with Gasteiger partial charge in [0.15, 0.2) is 11.8 Å². The van der Waals surface area contributed by atoms with E-state index in [2.05, 4.69) is 19.8 Å². The van der Waals surface area contributed by atoms with Crippen LogP contribution in [0.2, 0.25) is 0 Å². The van der Waals surface area contributed by atoms with Gasteiger partial charge in [-0.05, 0) is 13.0 Å². The summed E-state index contributed by atoms with van der Waals surface area (Å²) in [4.78, 5) is 61.0. The molecule has 12 nitrogen and oxygen atoms in total. The number of ether oxygens (including phenoxy) is 3. The van der Waals surface area contributed by atoms with Gasteiger partial charge >= 0.3 is 17.6 Å². The molecule has 164 valence electrons. The molecule has 3 atom stereocenters. The van der Waals surface area contributed by atoms with Crippen LogP contribution in [0.15, 0.2) is 27.9 Å². The normalized spacial score (nSPS) is 19.7. The van der Waals surface area contributed by atoms with Crippen LogP contribution < -0.4 is 16.6 Å². The number of carbonyl (C=O) groups excluding carboxylic acids is 3. The summed E-state index contributed by atoms with van der Waals surface area (Å²) in [7, 11) is 2.09. The summed E-state index contributed by atoms with van der Waals surface area (Å²) in [5.41, 5.74) is -3.18. The molecule has 1 unspecified atom stereocenters. The Bertz CT molecular complexity index is 964. The van der Waals surface area contributed by atoms with Crippen molar-refractivity contribution in [1.82, 2.24) is 14.9 Å². The Kier molecular flexibility index (Phi) is 7.29. The van der Waals surface area contributed by atoms with Gasteiger partial charge < -0.3 is 24.6 Å². The second-order valence-corrected chi connectivity index (χ2v) is 6.69. The molecule has 0 saturated heterocycles. The molecule has 0 spiro atoms. The van der Waals surface area contributed by atoms with Crippen LogP contribution in [0.4, 0.5) is 0 Å². The van der Waals surface area contributed by atoms with Crippen molar-refractivity contribution in [2.45, 2.75) is 37.7 Å². The highest BCUT2D eigenvalue weighted by Gasteiger charge is 2.42. The van der Waals surface area contributed by atoms with Gasteiger partial charge in [-0.25, -0.2) is 9.59 Å². The highest BCUT2D eigenvalue weighted by molar-refractivity contribution is 5.91. The largest absolute Gasteiger partial charge is 0.469 e. The molecule has 2 heterocycles. The van der Waals surface area contributed by atoms with Crippen molar-refractivity contribution < 1.29 is 33.7 Å². The van der Waals surface area contributed by atoms with Gasteiger partial charge in [0.05, 0.1) is 33.2 Å². The first-order valence-corrected chi connectivity index (χ1v) is 8.90. The number of aliphatic hydroxyl groups is 1. The molecule has 0 saturated carbocycles. The van der Waals surface area contributed by atoms with Crippen LogP contribution in [0.3, 0.4) is 0 Å². The predicted molar refractivity (Wildman–Crippen MR) is 100 cm³/mol. The summed E-state index contributed by atoms with van der Waals surface area (Å²) >= 11 is 0. The number of rotatable bonds is 8. The number of esters is 2. The first-order valence-electron chi connectivity index (χ1n) is 8.90. The monoisotopic (exact) mass is 425 g/mol. The number of methoxy groups -OCH3 is 2. The fourth-order valence-corrected chi connectivity index (χ4v) is 2.79. The van der Waals surface area contributed by atoms with E-state index in [1.807, 2.05) is 0 Å². The topological polar surface area (TPSA) is 166 Å². The third-order valence-corrected chi connectivity index (χ3v) is 4.41. The molecule has 0 radical (unpaired) electrons. The molecular weight excluding hydrogens is 402 g/mol. The van der Waals surface area contributed by atoms with Crippen molar-refractivity contribution in [3.05, 3.63) is 44.8 Å². The minimum atomic E-state index is -2.37. The van der Waals surface area contributed by atoms with Crippen LogP contribution in [0.1, 0.15) is 24.6 Å². The molecule has 1 aliphatic heterocycles. The number of H-pyrrole nitrogens is 1. The number of nitrogens with zero attached hydrogens (tertiary/aromatic N) is 1. The summed E-state index contributed by atoms with van der Waals surface area (Å²) in [6.07, 6.45) is 1.69. The summed E-state index contributed by atoms with van der Waals surface area (Å²) in [6, 6.07) is 0. The Hall–Kier alpha value is -3.25. The van der Waals surface area contributed by atoms with Crippen LogP contribution in [-0.2, 0) is 28.6 Å². The van der Waals surface area contributed by atoms with Gasteiger partial charge in [0.2, 0.25) is 5.91 Å². The van der Waals surface area contributed by atoms with Gasteiger partial charge in [0, 0.05) is 18.3 Å². The third-order valence-electron chi connectivity index (χ3n) is 4.41. The van der Waals surface area contributed by atoms with Crippen molar-refractivity contribution in [3.63, 3.8) is 0 Å². The number of hydrogen-bond acceptors (Lipinski definition) is 9. The highest BCUT2D eigenvalue weighted by Crippen LogP contribution is 2.20. The zero-order chi connectivity index (χ0) is 22.5. The lowest BCUT2D eigenvalue weighted by molar-refractivity contribution is -0.171.